The van der Waals surface area contributed by atoms with E-state index in [1.807, 2.05) is 0 Å². The molecule has 0 bridgehead atoms. The summed E-state index contributed by atoms with van der Waals surface area (Å²) in [5, 5.41) is 8.94. The Balaban J connectivity index is 2.45. The molecule has 0 saturated heterocycles. The molecular formula is C13H12N4O3S. The van der Waals surface area contributed by atoms with Crippen molar-refractivity contribution in [1.29, 1.82) is 5.26 Å². The maximum atomic E-state index is 12.3. The van der Waals surface area contributed by atoms with Gasteiger partial charge in [-0.3, -0.25) is 4.72 Å². The van der Waals surface area contributed by atoms with Crippen molar-refractivity contribution in [3.8, 4) is 11.8 Å². The van der Waals surface area contributed by atoms with Gasteiger partial charge in [-0.15, -0.1) is 0 Å². The first-order valence-electron chi connectivity index (χ1n) is 5.79. The molecular weight excluding hydrogens is 292 g/mol. The van der Waals surface area contributed by atoms with Crippen LogP contribution in [0, 0.1) is 11.3 Å². The summed E-state index contributed by atoms with van der Waals surface area (Å²) in [5.41, 5.74) is 6.09. The number of benzene rings is 1. The van der Waals surface area contributed by atoms with Crippen LogP contribution in [0.3, 0.4) is 0 Å². The van der Waals surface area contributed by atoms with Crippen LogP contribution in [0.5, 0.6) is 5.75 Å². The average Bonchev–Trinajstić information content (AvgIpc) is 2.48. The summed E-state index contributed by atoms with van der Waals surface area (Å²) < 4.78 is 32.1. The smallest absolute Gasteiger partial charge is 0.264 e. The summed E-state index contributed by atoms with van der Waals surface area (Å²) in [6, 6.07) is 9.00. The SMILES string of the molecule is COc1cc(N)ccc1NS(=O)(=O)c1cccnc1C#N. The van der Waals surface area contributed by atoms with Gasteiger partial charge in [0.15, 0.2) is 5.69 Å². The van der Waals surface area contributed by atoms with Gasteiger partial charge in [0.05, 0.1) is 12.8 Å². The summed E-state index contributed by atoms with van der Waals surface area (Å²) in [7, 11) is -2.56. The van der Waals surface area contributed by atoms with E-state index in [1.165, 1.54) is 43.6 Å². The molecule has 0 atom stereocenters. The standard InChI is InChI=1S/C13H12N4O3S/c1-20-12-7-9(15)4-5-10(12)17-21(18,19)13-3-2-6-16-11(13)8-14/h2-7,17H,15H2,1H3. The van der Waals surface area contributed by atoms with E-state index in [0.717, 1.165) is 0 Å². The number of rotatable bonds is 4. The van der Waals surface area contributed by atoms with Gasteiger partial charge in [-0.1, -0.05) is 0 Å². The lowest BCUT2D eigenvalue weighted by Gasteiger charge is -2.12. The Labute approximate surface area is 122 Å². The molecule has 8 heteroatoms. The molecule has 0 fully saturated rings. The number of ether oxygens (including phenoxy) is 1. The monoisotopic (exact) mass is 304 g/mol. The number of sulfonamides is 1. The molecule has 0 radical (unpaired) electrons. The predicted octanol–water partition coefficient (Wildman–Crippen LogP) is 1.34. The number of nitrogens with zero attached hydrogens (tertiary/aromatic N) is 2. The number of aromatic nitrogens is 1. The zero-order chi connectivity index (χ0) is 15.5. The van der Waals surface area contributed by atoms with Crippen LogP contribution < -0.4 is 15.2 Å². The van der Waals surface area contributed by atoms with Gasteiger partial charge < -0.3 is 10.5 Å². The van der Waals surface area contributed by atoms with Crippen molar-refractivity contribution in [2.75, 3.05) is 17.6 Å². The number of methoxy groups -OCH3 is 1. The Morgan fingerprint density at radius 1 is 1.38 bits per heavy atom. The summed E-state index contributed by atoms with van der Waals surface area (Å²) in [6.07, 6.45) is 1.35. The van der Waals surface area contributed by atoms with Gasteiger partial charge in [0.1, 0.15) is 16.7 Å². The summed E-state index contributed by atoms with van der Waals surface area (Å²) in [6.45, 7) is 0. The van der Waals surface area contributed by atoms with Crippen molar-refractivity contribution in [3.05, 3.63) is 42.2 Å². The van der Waals surface area contributed by atoms with Gasteiger partial charge in [-0.25, -0.2) is 13.4 Å². The molecule has 0 unspecified atom stereocenters. The first kappa shape index (κ1) is 14.6. The number of anilines is 2. The van der Waals surface area contributed by atoms with E-state index >= 15 is 0 Å². The Morgan fingerprint density at radius 3 is 2.81 bits per heavy atom. The van der Waals surface area contributed by atoms with E-state index in [-0.39, 0.29) is 22.0 Å². The molecule has 0 aliphatic carbocycles. The van der Waals surface area contributed by atoms with E-state index in [2.05, 4.69) is 9.71 Å². The van der Waals surface area contributed by atoms with Gasteiger partial charge in [0, 0.05) is 18.0 Å². The van der Waals surface area contributed by atoms with Crippen LogP contribution in [0.15, 0.2) is 41.4 Å². The lowest BCUT2D eigenvalue weighted by Crippen LogP contribution is -2.15. The Hall–Kier alpha value is -2.79. The second-order valence-electron chi connectivity index (χ2n) is 4.03. The fraction of sp³-hybridized carbons (Fsp3) is 0.0769. The Morgan fingerprint density at radius 2 is 2.14 bits per heavy atom. The molecule has 0 spiro atoms. The normalized spacial score (nSPS) is 10.7. The number of nitriles is 1. The van der Waals surface area contributed by atoms with Crippen LogP contribution in [0.1, 0.15) is 5.69 Å². The first-order valence-corrected chi connectivity index (χ1v) is 7.27. The lowest BCUT2D eigenvalue weighted by atomic mass is 10.2. The quantitative estimate of drug-likeness (QED) is 0.823. The topological polar surface area (TPSA) is 118 Å². The predicted molar refractivity (Wildman–Crippen MR) is 77.2 cm³/mol. The highest BCUT2D eigenvalue weighted by Gasteiger charge is 2.21. The van der Waals surface area contributed by atoms with E-state index in [0.29, 0.717) is 5.69 Å². The molecule has 0 amide bonds. The number of nitrogens with two attached hydrogens (primary N) is 1. The third-order valence-corrected chi connectivity index (χ3v) is 4.03. The minimum atomic E-state index is -3.96. The van der Waals surface area contributed by atoms with Crippen LogP contribution in [0.4, 0.5) is 11.4 Å². The number of pyridine rings is 1. The zero-order valence-electron chi connectivity index (χ0n) is 11.1. The van der Waals surface area contributed by atoms with Crippen molar-refractivity contribution in [2.24, 2.45) is 0 Å². The molecule has 1 aromatic heterocycles. The molecule has 108 valence electrons. The van der Waals surface area contributed by atoms with E-state index < -0.39 is 10.0 Å². The molecule has 0 saturated carbocycles. The summed E-state index contributed by atoms with van der Waals surface area (Å²) in [5.74, 6) is 0.279. The number of hydrogen-bond donors (Lipinski definition) is 2. The third-order valence-electron chi connectivity index (χ3n) is 2.64. The molecule has 1 aromatic carbocycles. The summed E-state index contributed by atoms with van der Waals surface area (Å²) in [4.78, 5) is 3.53. The molecule has 21 heavy (non-hydrogen) atoms. The minimum absolute atomic E-state index is 0.181. The van der Waals surface area contributed by atoms with Crippen LogP contribution in [0.25, 0.3) is 0 Å². The molecule has 0 aliphatic rings. The Bertz CT molecular complexity index is 812. The molecule has 2 aromatic rings. The Kier molecular flexibility index (Phi) is 3.95. The highest BCUT2D eigenvalue weighted by molar-refractivity contribution is 7.92. The maximum absolute atomic E-state index is 12.3. The second-order valence-corrected chi connectivity index (χ2v) is 5.68. The van der Waals surface area contributed by atoms with Crippen molar-refractivity contribution < 1.29 is 13.2 Å². The molecule has 7 nitrogen and oxygen atoms in total. The molecule has 0 aliphatic heterocycles. The van der Waals surface area contributed by atoms with Crippen LogP contribution in [-0.2, 0) is 10.0 Å². The fourth-order valence-electron chi connectivity index (χ4n) is 1.68. The van der Waals surface area contributed by atoms with E-state index in [9.17, 15) is 8.42 Å². The first-order chi connectivity index (χ1) is 9.97. The molecule has 1 heterocycles. The minimum Gasteiger partial charge on any atom is -0.494 e. The molecule has 2 rings (SSSR count). The van der Waals surface area contributed by atoms with Crippen molar-refractivity contribution in [1.82, 2.24) is 4.98 Å². The van der Waals surface area contributed by atoms with Gasteiger partial charge in [0.25, 0.3) is 10.0 Å². The zero-order valence-corrected chi connectivity index (χ0v) is 11.9. The van der Waals surface area contributed by atoms with Crippen LogP contribution in [0.2, 0.25) is 0 Å². The largest absolute Gasteiger partial charge is 0.494 e. The maximum Gasteiger partial charge on any atom is 0.264 e. The van der Waals surface area contributed by atoms with Gasteiger partial charge >= 0.3 is 0 Å². The fourth-order valence-corrected chi connectivity index (χ4v) is 2.86. The average molecular weight is 304 g/mol. The lowest BCUT2D eigenvalue weighted by molar-refractivity contribution is 0.417. The van der Waals surface area contributed by atoms with Crippen LogP contribution in [-0.4, -0.2) is 20.5 Å². The number of nitrogens with one attached hydrogen (secondary N) is 1. The highest BCUT2D eigenvalue weighted by Crippen LogP contribution is 2.29. The second kappa shape index (κ2) is 5.68. The van der Waals surface area contributed by atoms with Gasteiger partial charge in [-0.2, -0.15) is 5.26 Å². The van der Waals surface area contributed by atoms with Crippen molar-refractivity contribution in [2.45, 2.75) is 4.90 Å². The van der Waals surface area contributed by atoms with Crippen molar-refractivity contribution >= 4 is 21.4 Å². The van der Waals surface area contributed by atoms with E-state index in [4.69, 9.17) is 15.7 Å². The molecule has 3 N–H and O–H groups in total. The van der Waals surface area contributed by atoms with Gasteiger partial charge in [-0.05, 0) is 24.3 Å². The number of hydrogen-bond acceptors (Lipinski definition) is 6. The third kappa shape index (κ3) is 3.04. The highest BCUT2D eigenvalue weighted by atomic mass is 32.2. The van der Waals surface area contributed by atoms with Crippen LogP contribution >= 0.6 is 0 Å². The van der Waals surface area contributed by atoms with E-state index in [1.54, 1.807) is 6.07 Å². The summed E-state index contributed by atoms with van der Waals surface area (Å²) >= 11 is 0. The van der Waals surface area contributed by atoms with Crippen molar-refractivity contribution in [3.63, 3.8) is 0 Å². The van der Waals surface area contributed by atoms with Gasteiger partial charge in [0.2, 0.25) is 0 Å². The number of nitrogen functional groups attached to an aromatic ring is 1.